The predicted molar refractivity (Wildman–Crippen MR) is 94.5 cm³/mol. The van der Waals surface area contributed by atoms with Crippen molar-refractivity contribution in [1.82, 2.24) is 9.97 Å². The zero-order chi connectivity index (χ0) is 19.1. The zero-order valence-corrected chi connectivity index (χ0v) is 15.6. The van der Waals surface area contributed by atoms with Crippen LogP contribution in [0.3, 0.4) is 0 Å². The van der Waals surface area contributed by atoms with Crippen LogP contribution in [0.4, 0.5) is 11.6 Å². The third kappa shape index (κ3) is 3.27. The lowest BCUT2D eigenvalue weighted by molar-refractivity contribution is -0.119. The second-order valence-electron chi connectivity index (χ2n) is 5.91. The van der Waals surface area contributed by atoms with Crippen LogP contribution in [0.5, 0.6) is 0 Å². The molecule has 1 aliphatic heterocycles. The Morgan fingerprint density at radius 3 is 2.42 bits per heavy atom. The van der Waals surface area contributed by atoms with Crippen LogP contribution in [0.2, 0.25) is 0 Å². The van der Waals surface area contributed by atoms with Gasteiger partial charge in [-0.3, -0.25) is 4.79 Å². The summed E-state index contributed by atoms with van der Waals surface area (Å²) in [7, 11) is -7.72. The van der Waals surface area contributed by atoms with Crippen molar-refractivity contribution in [3.8, 4) is 0 Å². The maximum atomic E-state index is 12.5. The number of anilines is 2. The van der Waals surface area contributed by atoms with Crippen LogP contribution >= 0.6 is 0 Å². The Balaban J connectivity index is 1.97. The first kappa shape index (κ1) is 18.3. The molecule has 0 bridgehead atoms. The molecule has 1 aliphatic rings. The number of hydrogen-bond donors (Lipinski definition) is 1. The number of amides is 1. The summed E-state index contributed by atoms with van der Waals surface area (Å²) in [6, 6.07) is 5.45. The van der Waals surface area contributed by atoms with E-state index >= 15 is 0 Å². The van der Waals surface area contributed by atoms with Crippen molar-refractivity contribution in [2.45, 2.75) is 18.7 Å². The second kappa shape index (κ2) is 6.32. The van der Waals surface area contributed by atoms with Crippen molar-refractivity contribution in [3.05, 3.63) is 42.2 Å². The van der Waals surface area contributed by atoms with E-state index in [4.69, 9.17) is 0 Å². The first-order chi connectivity index (χ1) is 12.1. The molecule has 2 heterocycles. The molecule has 1 amide bonds. The van der Waals surface area contributed by atoms with Crippen molar-refractivity contribution in [1.29, 1.82) is 0 Å². The van der Waals surface area contributed by atoms with Gasteiger partial charge in [-0.15, -0.1) is 0 Å². The highest BCUT2D eigenvalue weighted by atomic mass is 32.2. The average molecular weight is 396 g/mol. The van der Waals surface area contributed by atoms with Gasteiger partial charge in [0.2, 0.25) is 21.9 Å². The highest BCUT2D eigenvalue weighted by Gasteiger charge is 2.42. The Hall–Kier alpha value is -2.53. The van der Waals surface area contributed by atoms with Crippen LogP contribution < -0.4 is 9.03 Å². The number of aryl methyl sites for hydroxylation is 1. The molecule has 26 heavy (non-hydrogen) atoms. The zero-order valence-electron chi connectivity index (χ0n) is 13.9. The van der Waals surface area contributed by atoms with E-state index in [9.17, 15) is 21.6 Å². The molecule has 0 spiro atoms. The van der Waals surface area contributed by atoms with E-state index in [0.29, 0.717) is 0 Å². The molecule has 0 unspecified atom stereocenters. The van der Waals surface area contributed by atoms with Crippen LogP contribution in [-0.4, -0.2) is 38.5 Å². The normalized spacial score (nSPS) is 19.5. The lowest BCUT2D eigenvalue weighted by Gasteiger charge is -2.17. The predicted octanol–water partition coefficient (Wildman–Crippen LogP) is 0.898. The Kier molecular flexibility index (Phi) is 4.44. The Bertz CT molecular complexity index is 1070. The van der Waals surface area contributed by atoms with E-state index in [2.05, 4.69) is 14.7 Å². The summed E-state index contributed by atoms with van der Waals surface area (Å²) in [5, 5.41) is 0. The topological polar surface area (TPSA) is 126 Å². The molecule has 0 radical (unpaired) electrons. The molecule has 11 heteroatoms. The van der Waals surface area contributed by atoms with Crippen LogP contribution in [0.15, 0.2) is 41.6 Å². The molecule has 1 aromatic carbocycles. The second-order valence-corrected chi connectivity index (χ2v) is 9.42. The first-order valence-electron chi connectivity index (χ1n) is 7.59. The van der Waals surface area contributed by atoms with Crippen LogP contribution in [-0.2, 0) is 24.8 Å². The summed E-state index contributed by atoms with van der Waals surface area (Å²) in [5.74, 6) is -1.52. The van der Waals surface area contributed by atoms with Gasteiger partial charge in [0.1, 0.15) is 0 Å². The third-order valence-corrected chi connectivity index (χ3v) is 7.19. The Labute approximate surface area is 151 Å². The summed E-state index contributed by atoms with van der Waals surface area (Å²) in [5.41, 5.74) is 0.403. The highest BCUT2D eigenvalue weighted by molar-refractivity contribution is 7.94. The SMILES string of the molecule is Cc1cc(N2C(=O)[C@@H](C)CS2(=O)=O)ccc1S(=O)(=O)Nc1ncccn1. The molecule has 0 aliphatic carbocycles. The van der Waals surface area contributed by atoms with E-state index in [0.717, 1.165) is 4.31 Å². The van der Waals surface area contributed by atoms with Gasteiger partial charge >= 0.3 is 0 Å². The van der Waals surface area contributed by atoms with Gasteiger partial charge in [-0.2, -0.15) is 0 Å². The lowest BCUT2D eigenvalue weighted by atomic mass is 10.2. The summed E-state index contributed by atoms with van der Waals surface area (Å²) in [6.45, 7) is 3.05. The summed E-state index contributed by atoms with van der Waals surface area (Å²) < 4.78 is 52.3. The fourth-order valence-corrected chi connectivity index (χ4v) is 5.67. The van der Waals surface area contributed by atoms with E-state index in [1.165, 1.54) is 44.4 Å². The maximum absolute atomic E-state index is 12.5. The van der Waals surface area contributed by atoms with Crippen molar-refractivity contribution >= 4 is 37.6 Å². The van der Waals surface area contributed by atoms with Gasteiger partial charge in [-0.05, 0) is 36.8 Å². The number of carbonyl (C=O) groups excluding carboxylic acids is 1. The van der Waals surface area contributed by atoms with Crippen molar-refractivity contribution in [3.63, 3.8) is 0 Å². The Morgan fingerprint density at radius 2 is 1.88 bits per heavy atom. The van der Waals surface area contributed by atoms with Crippen LogP contribution in [0.25, 0.3) is 0 Å². The van der Waals surface area contributed by atoms with Gasteiger partial charge in [-0.1, -0.05) is 6.92 Å². The van der Waals surface area contributed by atoms with Gasteiger partial charge in [0.15, 0.2) is 0 Å². The lowest BCUT2D eigenvalue weighted by Crippen LogP contribution is -2.30. The molecular weight excluding hydrogens is 380 g/mol. The standard InChI is InChI=1S/C15H16N4O5S2/c1-10-8-12(19-14(20)11(2)9-25(19,21)22)4-5-13(10)26(23,24)18-15-16-6-3-7-17-15/h3-8,11H,9H2,1-2H3,(H,16,17,18)/t11-/m0/s1. The summed E-state index contributed by atoms with van der Waals surface area (Å²) >= 11 is 0. The van der Waals surface area contributed by atoms with Crippen molar-refractivity contribution < 1.29 is 21.6 Å². The first-order valence-corrected chi connectivity index (χ1v) is 10.7. The van der Waals surface area contributed by atoms with Gasteiger partial charge in [0.25, 0.3) is 10.0 Å². The summed E-state index contributed by atoms with van der Waals surface area (Å²) in [6.07, 6.45) is 2.79. The number of benzene rings is 1. The number of nitrogens with one attached hydrogen (secondary N) is 1. The van der Waals surface area contributed by atoms with E-state index < -0.39 is 31.9 Å². The number of aromatic nitrogens is 2. The highest BCUT2D eigenvalue weighted by Crippen LogP contribution is 2.30. The molecular formula is C15H16N4O5S2. The van der Waals surface area contributed by atoms with Crippen molar-refractivity contribution in [2.75, 3.05) is 14.8 Å². The molecule has 3 rings (SSSR count). The quantitative estimate of drug-likeness (QED) is 0.813. The largest absolute Gasteiger partial charge is 0.273 e. The minimum absolute atomic E-state index is 0.0641. The fraction of sp³-hybridized carbons (Fsp3) is 0.267. The maximum Gasteiger partial charge on any atom is 0.264 e. The molecule has 1 aromatic heterocycles. The number of hydrogen-bond acceptors (Lipinski definition) is 7. The minimum Gasteiger partial charge on any atom is -0.273 e. The number of carbonyl (C=O) groups is 1. The molecule has 1 atom stereocenters. The number of sulfonamides is 2. The molecule has 1 fully saturated rings. The Morgan fingerprint density at radius 1 is 1.23 bits per heavy atom. The fourth-order valence-electron chi connectivity index (χ4n) is 2.68. The van der Waals surface area contributed by atoms with Gasteiger partial charge in [0.05, 0.1) is 22.3 Å². The van der Waals surface area contributed by atoms with Crippen LogP contribution in [0, 0.1) is 12.8 Å². The molecule has 138 valence electrons. The summed E-state index contributed by atoms with van der Waals surface area (Å²) in [4.78, 5) is 19.7. The molecule has 0 saturated carbocycles. The van der Waals surface area contributed by atoms with Crippen molar-refractivity contribution in [2.24, 2.45) is 5.92 Å². The minimum atomic E-state index is -3.97. The molecule has 9 nitrogen and oxygen atoms in total. The van der Waals surface area contributed by atoms with Gasteiger partial charge < -0.3 is 0 Å². The number of rotatable bonds is 4. The van der Waals surface area contributed by atoms with Crippen LogP contribution in [0.1, 0.15) is 12.5 Å². The number of nitrogens with zero attached hydrogens (tertiary/aromatic N) is 3. The molecule has 1 N–H and O–H groups in total. The smallest absolute Gasteiger partial charge is 0.264 e. The third-order valence-electron chi connectivity index (χ3n) is 3.83. The van der Waals surface area contributed by atoms with Gasteiger partial charge in [-0.25, -0.2) is 35.8 Å². The van der Waals surface area contributed by atoms with E-state index in [1.54, 1.807) is 6.07 Å². The average Bonchev–Trinajstić information content (AvgIpc) is 2.75. The van der Waals surface area contributed by atoms with Gasteiger partial charge in [0, 0.05) is 12.4 Å². The molecule has 1 saturated heterocycles. The monoisotopic (exact) mass is 396 g/mol. The van der Waals surface area contributed by atoms with E-state index in [-0.39, 0.29) is 27.8 Å². The van der Waals surface area contributed by atoms with E-state index in [1.807, 2.05) is 0 Å². The molecule has 2 aromatic rings.